The highest BCUT2D eigenvalue weighted by atomic mass is 16.5. The van der Waals surface area contributed by atoms with Crippen LogP contribution in [-0.2, 0) is 0 Å². The van der Waals surface area contributed by atoms with E-state index in [9.17, 15) is 5.11 Å². The fraction of sp³-hybridized carbons (Fsp3) is 0.296. The maximum atomic E-state index is 10.9. The molecule has 1 heterocycles. The van der Waals surface area contributed by atoms with Crippen molar-refractivity contribution >= 4 is 5.71 Å². The highest BCUT2D eigenvalue weighted by molar-refractivity contribution is 6.01. The molecule has 0 saturated carbocycles. The first-order chi connectivity index (χ1) is 16.1. The van der Waals surface area contributed by atoms with Crippen LogP contribution in [0.5, 0.6) is 23.0 Å². The number of aliphatic imine (C=N–C) groups is 1. The normalized spacial score (nSPS) is 17.8. The average Bonchev–Trinajstić information content (AvgIpc) is 2.86. The largest absolute Gasteiger partial charge is 0.504 e. The molecular weight excluding hydrogens is 416 g/mol. The van der Waals surface area contributed by atoms with Crippen molar-refractivity contribution < 1.29 is 19.3 Å². The monoisotopic (exact) mass is 446 g/mol. The van der Waals surface area contributed by atoms with E-state index in [0.29, 0.717) is 25.4 Å². The van der Waals surface area contributed by atoms with E-state index in [1.807, 2.05) is 74.5 Å². The third-order valence-electron chi connectivity index (χ3n) is 5.66. The van der Waals surface area contributed by atoms with Gasteiger partial charge in [-0.05, 0) is 67.4 Å². The van der Waals surface area contributed by atoms with Gasteiger partial charge in [0.05, 0.1) is 20.3 Å². The highest BCUT2D eigenvalue weighted by Gasteiger charge is 2.28. The van der Waals surface area contributed by atoms with Gasteiger partial charge in [-0.1, -0.05) is 24.3 Å². The summed E-state index contributed by atoms with van der Waals surface area (Å²) in [7, 11) is 1.65. The molecule has 0 fully saturated rings. The summed E-state index contributed by atoms with van der Waals surface area (Å²) in [6.45, 7) is 4.98. The van der Waals surface area contributed by atoms with E-state index in [1.54, 1.807) is 13.2 Å². The molecule has 3 aromatic carbocycles. The van der Waals surface area contributed by atoms with Gasteiger partial charge in [0.1, 0.15) is 17.7 Å². The molecule has 0 spiro atoms. The van der Waals surface area contributed by atoms with Gasteiger partial charge in [-0.2, -0.15) is 0 Å². The van der Waals surface area contributed by atoms with Gasteiger partial charge in [-0.25, -0.2) is 0 Å². The predicted octanol–water partition coefficient (Wildman–Crippen LogP) is 5.42. The molecule has 1 aliphatic heterocycles. The van der Waals surface area contributed by atoms with Crippen LogP contribution in [0.2, 0.25) is 0 Å². The molecular formula is C27H30N2O4. The SMILES string of the molecule is CCOc1ccc(C2=N[C@@H](c3cccc(OC)c3)N[C@@H](c3cccc(OCC)c3O)C2)cc1. The number of methoxy groups -OCH3 is 1. The first-order valence-electron chi connectivity index (χ1n) is 11.3. The molecule has 3 aromatic rings. The van der Waals surface area contributed by atoms with E-state index in [1.165, 1.54) is 0 Å². The minimum absolute atomic E-state index is 0.152. The Hall–Kier alpha value is -3.51. The Labute approximate surface area is 194 Å². The maximum absolute atomic E-state index is 10.9. The molecule has 33 heavy (non-hydrogen) atoms. The number of hydrogen-bond donors (Lipinski definition) is 2. The van der Waals surface area contributed by atoms with Crippen LogP contribution in [0.3, 0.4) is 0 Å². The number of nitrogens with one attached hydrogen (secondary N) is 1. The van der Waals surface area contributed by atoms with Crippen LogP contribution in [0, 0.1) is 0 Å². The van der Waals surface area contributed by atoms with E-state index < -0.39 is 0 Å². The minimum atomic E-state index is -0.296. The Morgan fingerprint density at radius 2 is 1.70 bits per heavy atom. The topological polar surface area (TPSA) is 72.3 Å². The molecule has 2 atom stereocenters. The number of benzene rings is 3. The number of phenolic OH excluding ortho intramolecular Hbond substituents is 1. The summed E-state index contributed by atoms with van der Waals surface area (Å²) in [4.78, 5) is 5.03. The Bertz CT molecular complexity index is 1110. The van der Waals surface area contributed by atoms with Crippen LogP contribution >= 0.6 is 0 Å². The predicted molar refractivity (Wildman–Crippen MR) is 130 cm³/mol. The first-order valence-corrected chi connectivity index (χ1v) is 11.3. The summed E-state index contributed by atoms with van der Waals surface area (Å²) in [5.41, 5.74) is 3.75. The average molecular weight is 447 g/mol. The molecule has 0 saturated heterocycles. The Morgan fingerprint density at radius 3 is 2.42 bits per heavy atom. The first kappa shape index (κ1) is 22.7. The third kappa shape index (κ3) is 5.12. The molecule has 0 aliphatic carbocycles. The fourth-order valence-corrected chi connectivity index (χ4v) is 4.07. The van der Waals surface area contributed by atoms with Crippen LogP contribution in [0.4, 0.5) is 0 Å². The second-order valence-electron chi connectivity index (χ2n) is 7.76. The van der Waals surface area contributed by atoms with Gasteiger partial charge in [0.2, 0.25) is 0 Å². The fourth-order valence-electron chi connectivity index (χ4n) is 4.07. The Kier molecular flexibility index (Phi) is 7.15. The van der Waals surface area contributed by atoms with Crippen molar-refractivity contribution in [1.82, 2.24) is 5.32 Å². The minimum Gasteiger partial charge on any atom is -0.504 e. The molecule has 1 aliphatic rings. The maximum Gasteiger partial charge on any atom is 0.162 e. The lowest BCUT2D eigenvalue weighted by Gasteiger charge is -2.31. The molecule has 0 bridgehead atoms. The number of rotatable bonds is 8. The van der Waals surface area contributed by atoms with E-state index in [4.69, 9.17) is 19.2 Å². The number of ether oxygens (including phenoxy) is 3. The van der Waals surface area contributed by atoms with Crippen molar-refractivity contribution in [2.45, 2.75) is 32.5 Å². The van der Waals surface area contributed by atoms with Crippen LogP contribution in [0.1, 0.15) is 49.2 Å². The zero-order chi connectivity index (χ0) is 23.2. The van der Waals surface area contributed by atoms with Gasteiger partial charge in [-0.15, -0.1) is 0 Å². The zero-order valence-electron chi connectivity index (χ0n) is 19.2. The number of nitrogens with zero attached hydrogens (tertiary/aromatic N) is 1. The van der Waals surface area contributed by atoms with Gasteiger partial charge in [-0.3, -0.25) is 10.3 Å². The molecule has 6 heteroatoms. The van der Waals surface area contributed by atoms with Crippen molar-refractivity contribution in [2.75, 3.05) is 20.3 Å². The van der Waals surface area contributed by atoms with Crippen molar-refractivity contribution in [1.29, 1.82) is 0 Å². The summed E-state index contributed by atoms with van der Waals surface area (Å²) < 4.78 is 16.6. The quantitative estimate of drug-likeness (QED) is 0.483. The van der Waals surface area contributed by atoms with Gasteiger partial charge < -0.3 is 19.3 Å². The molecule has 0 aromatic heterocycles. The number of phenols is 1. The molecule has 6 nitrogen and oxygen atoms in total. The van der Waals surface area contributed by atoms with E-state index in [2.05, 4.69) is 5.32 Å². The second-order valence-corrected chi connectivity index (χ2v) is 7.76. The second kappa shape index (κ2) is 10.4. The van der Waals surface area contributed by atoms with Gasteiger partial charge in [0.25, 0.3) is 0 Å². The van der Waals surface area contributed by atoms with Crippen LogP contribution < -0.4 is 19.5 Å². The Morgan fingerprint density at radius 1 is 0.939 bits per heavy atom. The summed E-state index contributed by atoms with van der Waals surface area (Å²) >= 11 is 0. The van der Waals surface area contributed by atoms with Gasteiger partial charge >= 0.3 is 0 Å². The summed E-state index contributed by atoms with van der Waals surface area (Å²) in [6, 6.07) is 21.3. The van der Waals surface area contributed by atoms with Crippen molar-refractivity contribution in [3.8, 4) is 23.0 Å². The van der Waals surface area contributed by atoms with Crippen LogP contribution in [0.25, 0.3) is 0 Å². The lowest BCUT2D eigenvalue weighted by molar-refractivity contribution is 0.313. The standard InChI is InChI=1S/C27H30N2O4/c1-4-32-20-14-12-18(13-15-20)23-17-24(22-10-7-11-25(26(22)30)33-5-2)29-27(28-23)19-8-6-9-21(16-19)31-3/h6-16,24,27,29-30H,4-5,17H2,1-3H3/t24-,27-/m1/s1. The zero-order valence-corrected chi connectivity index (χ0v) is 19.2. The van der Waals surface area contributed by atoms with E-state index in [-0.39, 0.29) is 18.0 Å². The van der Waals surface area contributed by atoms with Gasteiger partial charge in [0.15, 0.2) is 11.5 Å². The molecule has 172 valence electrons. The number of para-hydroxylation sites is 1. The van der Waals surface area contributed by atoms with E-state index in [0.717, 1.165) is 33.9 Å². The smallest absolute Gasteiger partial charge is 0.162 e. The molecule has 4 rings (SSSR count). The summed E-state index contributed by atoms with van der Waals surface area (Å²) in [6.07, 6.45) is 0.327. The lowest BCUT2D eigenvalue weighted by Crippen LogP contribution is -2.33. The Balaban J connectivity index is 1.73. The van der Waals surface area contributed by atoms with Crippen LogP contribution in [-0.4, -0.2) is 31.1 Å². The van der Waals surface area contributed by atoms with Crippen molar-refractivity contribution in [2.24, 2.45) is 4.99 Å². The molecule has 0 unspecified atom stereocenters. The number of aromatic hydroxyl groups is 1. The number of hydrogen-bond acceptors (Lipinski definition) is 6. The highest BCUT2D eigenvalue weighted by Crippen LogP contribution is 2.39. The molecule has 0 radical (unpaired) electrons. The third-order valence-corrected chi connectivity index (χ3v) is 5.66. The molecule has 0 amide bonds. The van der Waals surface area contributed by atoms with Crippen molar-refractivity contribution in [3.63, 3.8) is 0 Å². The molecule has 2 N–H and O–H groups in total. The summed E-state index contributed by atoms with van der Waals surface area (Å²) in [5.74, 6) is 2.25. The lowest BCUT2D eigenvalue weighted by atomic mass is 9.93. The van der Waals surface area contributed by atoms with Gasteiger partial charge in [0, 0.05) is 23.7 Å². The van der Waals surface area contributed by atoms with Crippen molar-refractivity contribution in [3.05, 3.63) is 83.4 Å². The summed E-state index contributed by atoms with van der Waals surface area (Å²) in [5, 5.41) is 14.5. The van der Waals surface area contributed by atoms with Crippen LogP contribution in [0.15, 0.2) is 71.7 Å². The van der Waals surface area contributed by atoms with E-state index >= 15 is 0 Å².